The van der Waals surface area contributed by atoms with Crippen LogP contribution in [0.25, 0.3) is 0 Å². The zero-order valence-corrected chi connectivity index (χ0v) is 15.2. The maximum atomic E-state index is 13.1. The molecule has 25 heavy (non-hydrogen) atoms. The van der Waals surface area contributed by atoms with Gasteiger partial charge in [-0.25, -0.2) is 4.98 Å². The molecule has 2 aromatic rings. The van der Waals surface area contributed by atoms with Gasteiger partial charge in [-0.3, -0.25) is 0 Å². The number of halogens is 4. The molecule has 0 aliphatic rings. The molecule has 9 heteroatoms. The van der Waals surface area contributed by atoms with Gasteiger partial charge in [0.2, 0.25) is 5.95 Å². The lowest BCUT2D eigenvalue weighted by atomic mass is 10.1. The van der Waals surface area contributed by atoms with E-state index < -0.39 is 17.9 Å². The van der Waals surface area contributed by atoms with E-state index in [4.69, 9.17) is 0 Å². The van der Waals surface area contributed by atoms with Gasteiger partial charge in [0, 0.05) is 10.5 Å². The third-order valence-electron chi connectivity index (χ3n) is 3.47. The van der Waals surface area contributed by atoms with Gasteiger partial charge < -0.3 is 15.7 Å². The number of hydrogen-bond acceptors (Lipinski definition) is 5. The minimum atomic E-state index is -4.61. The highest BCUT2D eigenvalue weighted by molar-refractivity contribution is 9.10. The van der Waals surface area contributed by atoms with Crippen LogP contribution < -0.4 is 10.6 Å². The van der Waals surface area contributed by atoms with Gasteiger partial charge in [-0.15, -0.1) is 0 Å². The van der Waals surface area contributed by atoms with E-state index in [1.54, 1.807) is 24.3 Å². The Hall–Kier alpha value is -1.87. The van der Waals surface area contributed by atoms with E-state index in [1.165, 1.54) is 0 Å². The van der Waals surface area contributed by atoms with Crippen molar-refractivity contribution in [2.45, 2.75) is 26.1 Å². The Balaban J connectivity index is 2.38. The van der Waals surface area contributed by atoms with Crippen LogP contribution in [-0.4, -0.2) is 27.7 Å². The fourth-order valence-electron chi connectivity index (χ4n) is 2.01. The number of aliphatic hydroxyl groups is 1. The van der Waals surface area contributed by atoms with E-state index in [1.807, 2.05) is 13.8 Å². The third-order valence-corrected chi connectivity index (χ3v) is 4.16. The summed E-state index contributed by atoms with van der Waals surface area (Å²) < 4.78 is 40.1. The molecule has 1 heterocycles. The highest BCUT2D eigenvalue weighted by Crippen LogP contribution is 2.31. The Morgan fingerprint density at radius 3 is 2.44 bits per heavy atom. The predicted octanol–water partition coefficient (Wildman–Crippen LogP) is 4.43. The molecular formula is C16H18BrF3N4O. The molecule has 0 unspecified atom stereocenters. The smallest absolute Gasteiger partial charge is 0.394 e. The topological polar surface area (TPSA) is 70.1 Å². The Morgan fingerprint density at radius 1 is 1.20 bits per heavy atom. The van der Waals surface area contributed by atoms with E-state index in [2.05, 4.69) is 36.5 Å². The molecule has 0 aliphatic heterocycles. The van der Waals surface area contributed by atoms with E-state index in [0.29, 0.717) is 10.2 Å². The number of nitrogens with one attached hydrogen (secondary N) is 2. The van der Waals surface area contributed by atoms with Gasteiger partial charge in [-0.2, -0.15) is 18.2 Å². The molecule has 1 atom stereocenters. The zero-order valence-electron chi connectivity index (χ0n) is 13.6. The van der Waals surface area contributed by atoms with Crippen LogP contribution in [0.15, 0.2) is 34.8 Å². The quantitative estimate of drug-likeness (QED) is 0.647. The fraction of sp³-hybridized carbons (Fsp3) is 0.375. The molecule has 0 aliphatic carbocycles. The largest absolute Gasteiger partial charge is 0.433 e. The Morgan fingerprint density at radius 2 is 1.88 bits per heavy atom. The Kier molecular flexibility index (Phi) is 6.23. The van der Waals surface area contributed by atoms with Crippen LogP contribution in [-0.2, 0) is 6.18 Å². The molecule has 3 N–H and O–H groups in total. The minimum absolute atomic E-state index is 0.00262. The van der Waals surface area contributed by atoms with Crippen LogP contribution in [0.5, 0.6) is 0 Å². The van der Waals surface area contributed by atoms with Crippen LogP contribution in [0.2, 0.25) is 0 Å². The third kappa shape index (κ3) is 5.30. The molecule has 0 saturated heterocycles. The van der Waals surface area contributed by atoms with Gasteiger partial charge in [0.15, 0.2) is 5.69 Å². The van der Waals surface area contributed by atoms with Crippen molar-refractivity contribution >= 4 is 33.4 Å². The normalized spacial score (nSPS) is 13.0. The van der Waals surface area contributed by atoms with Crippen molar-refractivity contribution in [3.05, 3.63) is 40.5 Å². The lowest BCUT2D eigenvalue weighted by molar-refractivity contribution is -0.141. The van der Waals surface area contributed by atoms with Gasteiger partial charge in [-0.1, -0.05) is 26.0 Å². The summed E-state index contributed by atoms with van der Waals surface area (Å²) in [6.45, 7) is 3.42. The second kappa shape index (κ2) is 8.01. The molecular weight excluding hydrogens is 401 g/mol. The van der Waals surface area contributed by atoms with Crippen molar-refractivity contribution in [2.75, 3.05) is 17.2 Å². The van der Waals surface area contributed by atoms with E-state index in [-0.39, 0.29) is 24.3 Å². The molecule has 5 nitrogen and oxygen atoms in total. The average molecular weight is 419 g/mol. The number of alkyl halides is 3. The molecule has 1 aromatic carbocycles. The van der Waals surface area contributed by atoms with Gasteiger partial charge in [-0.05, 0) is 34.0 Å². The number of rotatable bonds is 6. The van der Waals surface area contributed by atoms with Crippen LogP contribution in [0.1, 0.15) is 19.5 Å². The number of nitrogens with zero attached hydrogens (tertiary/aromatic N) is 2. The van der Waals surface area contributed by atoms with Gasteiger partial charge >= 0.3 is 6.18 Å². The summed E-state index contributed by atoms with van der Waals surface area (Å²) in [7, 11) is 0. The highest BCUT2D eigenvalue weighted by Gasteiger charge is 2.34. The van der Waals surface area contributed by atoms with Crippen molar-refractivity contribution in [3.63, 3.8) is 0 Å². The molecule has 0 fully saturated rings. The molecule has 0 radical (unpaired) electrons. The lowest BCUT2D eigenvalue weighted by Crippen LogP contribution is -2.30. The van der Waals surface area contributed by atoms with Crippen LogP contribution >= 0.6 is 15.9 Å². The van der Waals surface area contributed by atoms with Gasteiger partial charge in [0.1, 0.15) is 5.82 Å². The average Bonchev–Trinajstić information content (AvgIpc) is 2.53. The maximum absolute atomic E-state index is 13.1. The van der Waals surface area contributed by atoms with Crippen LogP contribution in [0.3, 0.4) is 0 Å². The van der Waals surface area contributed by atoms with Gasteiger partial charge in [0.25, 0.3) is 0 Å². The monoisotopic (exact) mass is 418 g/mol. The molecule has 1 aromatic heterocycles. The van der Waals surface area contributed by atoms with Crippen LogP contribution in [0, 0.1) is 5.92 Å². The standard InChI is InChI=1S/C16H18BrF3N4O/c1-9(2)12(8-25)22-15-23-13(16(18,19)20)7-14(24-15)21-11-6-4-3-5-10(11)17/h3-7,9,12,25H,8H2,1-2H3,(H2,21,22,23,24)/t12-/m0/s1. The van der Waals surface area contributed by atoms with Crippen LogP contribution in [0.4, 0.5) is 30.6 Å². The number of hydrogen-bond donors (Lipinski definition) is 3. The SMILES string of the molecule is CC(C)[C@H](CO)Nc1nc(Nc2ccccc2Br)cc(C(F)(F)F)n1. The number of anilines is 3. The Bertz CT molecular complexity index is 725. The summed E-state index contributed by atoms with van der Waals surface area (Å²) in [5.74, 6) is -0.211. The van der Waals surface area contributed by atoms with Crippen molar-refractivity contribution in [1.82, 2.24) is 9.97 Å². The molecule has 0 saturated carbocycles. The second-order valence-electron chi connectivity index (χ2n) is 5.74. The van der Waals surface area contributed by atoms with Crippen molar-refractivity contribution in [1.29, 1.82) is 0 Å². The molecule has 2 rings (SSSR count). The molecule has 0 amide bonds. The zero-order chi connectivity index (χ0) is 18.6. The first-order chi connectivity index (χ1) is 11.7. The predicted molar refractivity (Wildman–Crippen MR) is 93.8 cm³/mol. The Labute approximate surface area is 151 Å². The summed E-state index contributed by atoms with van der Waals surface area (Å²) in [4.78, 5) is 7.62. The van der Waals surface area contributed by atoms with Crippen molar-refractivity contribution < 1.29 is 18.3 Å². The first kappa shape index (κ1) is 19.5. The minimum Gasteiger partial charge on any atom is -0.394 e. The first-order valence-electron chi connectivity index (χ1n) is 7.56. The maximum Gasteiger partial charge on any atom is 0.433 e. The first-order valence-corrected chi connectivity index (χ1v) is 8.35. The molecule has 0 spiro atoms. The second-order valence-corrected chi connectivity index (χ2v) is 6.60. The number of para-hydroxylation sites is 1. The number of aliphatic hydroxyl groups excluding tert-OH is 1. The highest BCUT2D eigenvalue weighted by atomic mass is 79.9. The van der Waals surface area contributed by atoms with E-state index in [9.17, 15) is 18.3 Å². The summed E-state index contributed by atoms with van der Waals surface area (Å²) in [5.41, 5.74) is -0.497. The van der Waals surface area contributed by atoms with Crippen molar-refractivity contribution in [2.24, 2.45) is 5.92 Å². The van der Waals surface area contributed by atoms with E-state index in [0.717, 1.165) is 6.07 Å². The lowest BCUT2D eigenvalue weighted by Gasteiger charge is -2.21. The fourth-order valence-corrected chi connectivity index (χ4v) is 2.39. The summed E-state index contributed by atoms with van der Waals surface area (Å²) in [6, 6.07) is 7.38. The summed E-state index contributed by atoms with van der Waals surface area (Å²) in [5, 5.41) is 15.0. The molecule has 0 bridgehead atoms. The number of aromatic nitrogens is 2. The van der Waals surface area contributed by atoms with E-state index >= 15 is 0 Å². The van der Waals surface area contributed by atoms with Gasteiger partial charge in [0.05, 0.1) is 18.3 Å². The number of benzene rings is 1. The summed E-state index contributed by atoms with van der Waals surface area (Å²) in [6.07, 6.45) is -4.61. The molecule has 136 valence electrons. The van der Waals surface area contributed by atoms with Crippen molar-refractivity contribution in [3.8, 4) is 0 Å². The summed E-state index contributed by atoms with van der Waals surface area (Å²) >= 11 is 3.32.